The van der Waals surface area contributed by atoms with Crippen molar-refractivity contribution in [2.45, 2.75) is 0 Å². The average Bonchev–Trinajstić information content (AvgIpc) is 1.68. The van der Waals surface area contributed by atoms with Gasteiger partial charge in [-0.3, -0.25) is 0 Å². The monoisotopic (exact) mass is 226 g/mol. The molecule has 0 aliphatic rings. The van der Waals surface area contributed by atoms with E-state index in [1.54, 1.807) is 0 Å². The second-order valence-electron chi connectivity index (χ2n) is 1.77. The van der Waals surface area contributed by atoms with E-state index in [4.69, 9.17) is 0 Å². The Morgan fingerprint density at radius 2 is 1.43 bits per heavy atom. The molecule has 0 atom stereocenters. The first-order chi connectivity index (χ1) is 3.12. The summed E-state index contributed by atoms with van der Waals surface area (Å²) in [5.74, 6) is 0. The molecule has 0 aromatic rings. The first-order valence-electron chi connectivity index (χ1n) is 1.95. The molecular weight excluding hydrogens is 220 g/mol. The Morgan fingerprint density at radius 3 is 1.43 bits per heavy atom. The van der Waals surface area contributed by atoms with Gasteiger partial charge in [0.1, 0.15) is 0 Å². The molecule has 0 rings (SSSR count). The first-order valence-corrected chi connectivity index (χ1v) is 4.19. The molecule has 0 heterocycles. The minimum Gasteiger partial charge on any atom is -0.0922 e. The van der Waals surface area contributed by atoms with Crippen LogP contribution in [0.25, 0.3) is 0 Å². The Bertz CT molecular complexity index is 44.0. The molecule has 0 saturated carbocycles. The standard InChI is InChI=1S/C5H8Br2/c1-5(2,3-6)4-7/h1-4H2. The Labute approximate surface area is 61.9 Å². The summed E-state index contributed by atoms with van der Waals surface area (Å²) in [6.45, 7) is 7.60. The van der Waals surface area contributed by atoms with Crippen molar-refractivity contribution in [3.8, 4) is 0 Å². The molecule has 0 spiro atoms. The van der Waals surface area contributed by atoms with Crippen LogP contribution >= 0.6 is 31.9 Å². The fourth-order valence-electron chi connectivity index (χ4n) is 0.0357. The summed E-state index contributed by atoms with van der Waals surface area (Å²) in [4.78, 5) is 0. The van der Waals surface area contributed by atoms with E-state index in [2.05, 4.69) is 45.7 Å². The summed E-state index contributed by atoms with van der Waals surface area (Å²) >= 11 is 6.55. The molecule has 0 unspecified atom stereocenters. The van der Waals surface area contributed by atoms with Crippen molar-refractivity contribution < 1.29 is 0 Å². The van der Waals surface area contributed by atoms with Gasteiger partial charge in [-0.1, -0.05) is 31.9 Å². The maximum Gasteiger partial charge on any atom is 0.00959 e. The minimum atomic E-state index is -0.0833. The Hall–Kier alpha value is 0.960. The highest BCUT2D eigenvalue weighted by Crippen LogP contribution is 2.18. The highest BCUT2D eigenvalue weighted by Gasteiger charge is 2.12. The van der Waals surface area contributed by atoms with E-state index in [9.17, 15) is 0 Å². The lowest BCUT2D eigenvalue weighted by molar-refractivity contribution is 0.653. The zero-order valence-corrected chi connectivity index (χ0v) is 7.26. The summed E-state index contributed by atoms with van der Waals surface area (Å²) in [6.07, 6.45) is 0. The SMILES string of the molecule is [CH2]C([CH2])(CBr)CBr. The van der Waals surface area contributed by atoms with Crippen molar-refractivity contribution in [1.29, 1.82) is 0 Å². The van der Waals surface area contributed by atoms with Gasteiger partial charge in [-0.2, -0.15) is 0 Å². The van der Waals surface area contributed by atoms with Gasteiger partial charge in [0.2, 0.25) is 0 Å². The third kappa shape index (κ3) is 3.53. The number of alkyl halides is 2. The molecule has 0 N–H and O–H groups in total. The molecule has 0 aliphatic carbocycles. The van der Waals surface area contributed by atoms with E-state index in [1.165, 1.54) is 0 Å². The van der Waals surface area contributed by atoms with E-state index in [-0.39, 0.29) is 5.41 Å². The molecule has 0 saturated heterocycles. The van der Waals surface area contributed by atoms with Crippen LogP contribution in [0.1, 0.15) is 0 Å². The molecule has 2 radical (unpaired) electrons. The molecule has 0 amide bonds. The van der Waals surface area contributed by atoms with Gasteiger partial charge in [0.25, 0.3) is 0 Å². The van der Waals surface area contributed by atoms with Gasteiger partial charge in [0.15, 0.2) is 0 Å². The van der Waals surface area contributed by atoms with Gasteiger partial charge in [0.05, 0.1) is 0 Å². The molecule has 0 bridgehead atoms. The zero-order valence-electron chi connectivity index (χ0n) is 4.08. The van der Waals surface area contributed by atoms with Crippen molar-refractivity contribution in [2.75, 3.05) is 10.7 Å². The van der Waals surface area contributed by atoms with Gasteiger partial charge in [-0.25, -0.2) is 0 Å². The van der Waals surface area contributed by atoms with E-state index in [0.717, 1.165) is 10.7 Å². The van der Waals surface area contributed by atoms with Crippen LogP contribution < -0.4 is 0 Å². The summed E-state index contributed by atoms with van der Waals surface area (Å²) < 4.78 is 0. The predicted octanol–water partition coefficient (Wildman–Crippen LogP) is 2.43. The van der Waals surface area contributed by atoms with Crippen LogP contribution in [0.4, 0.5) is 0 Å². The molecule has 42 valence electrons. The summed E-state index contributed by atoms with van der Waals surface area (Å²) in [6, 6.07) is 0. The first kappa shape index (κ1) is 7.96. The fourth-order valence-corrected chi connectivity index (χ4v) is 0.964. The van der Waals surface area contributed by atoms with Crippen LogP contribution in [0.2, 0.25) is 0 Å². The zero-order chi connectivity index (χ0) is 5.91. The molecule has 0 aliphatic heterocycles. The highest BCUT2D eigenvalue weighted by molar-refractivity contribution is 9.09. The summed E-state index contributed by atoms with van der Waals surface area (Å²) in [5.41, 5.74) is -0.0833. The molecule has 7 heavy (non-hydrogen) atoms. The normalized spacial score (nSPS) is 12.0. The lowest BCUT2D eigenvalue weighted by Crippen LogP contribution is -2.14. The molecule has 2 heteroatoms. The van der Waals surface area contributed by atoms with Crippen LogP contribution in [0.15, 0.2) is 0 Å². The van der Waals surface area contributed by atoms with Gasteiger partial charge in [-0.15, -0.1) is 0 Å². The highest BCUT2D eigenvalue weighted by atomic mass is 79.9. The fraction of sp³-hybridized carbons (Fsp3) is 0.600. The van der Waals surface area contributed by atoms with Crippen LogP contribution in [0.5, 0.6) is 0 Å². The quantitative estimate of drug-likeness (QED) is 0.636. The topological polar surface area (TPSA) is 0 Å². The lowest BCUT2D eigenvalue weighted by Gasteiger charge is -2.15. The molecule has 0 aromatic heterocycles. The second kappa shape index (κ2) is 3.08. The van der Waals surface area contributed by atoms with Crippen LogP contribution in [0, 0.1) is 19.3 Å². The lowest BCUT2D eigenvalue weighted by atomic mass is 10.0. The molecule has 0 fully saturated rings. The van der Waals surface area contributed by atoms with Crippen LogP contribution in [-0.2, 0) is 0 Å². The summed E-state index contributed by atoms with van der Waals surface area (Å²) in [7, 11) is 0. The number of hydrogen-bond donors (Lipinski definition) is 0. The van der Waals surface area contributed by atoms with Crippen LogP contribution in [0.3, 0.4) is 0 Å². The Morgan fingerprint density at radius 1 is 1.14 bits per heavy atom. The van der Waals surface area contributed by atoms with Crippen LogP contribution in [-0.4, -0.2) is 10.7 Å². The third-order valence-corrected chi connectivity index (χ3v) is 2.95. The van der Waals surface area contributed by atoms with Gasteiger partial charge in [0, 0.05) is 10.7 Å². The van der Waals surface area contributed by atoms with E-state index >= 15 is 0 Å². The predicted molar refractivity (Wildman–Crippen MR) is 40.7 cm³/mol. The maximum atomic E-state index is 3.80. The van der Waals surface area contributed by atoms with Gasteiger partial charge >= 0.3 is 0 Å². The van der Waals surface area contributed by atoms with Crippen molar-refractivity contribution >= 4 is 31.9 Å². The number of hydrogen-bond acceptors (Lipinski definition) is 0. The molecular formula is C5H8Br2. The van der Waals surface area contributed by atoms with Gasteiger partial charge < -0.3 is 0 Å². The number of rotatable bonds is 2. The second-order valence-corrected chi connectivity index (χ2v) is 2.89. The minimum absolute atomic E-state index is 0.0833. The maximum absolute atomic E-state index is 3.80. The Balaban J connectivity index is 3.36. The molecule has 0 nitrogen and oxygen atoms in total. The number of halogens is 2. The van der Waals surface area contributed by atoms with Crippen molar-refractivity contribution in [2.24, 2.45) is 5.41 Å². The summed E-state index contributed by atoms with van der Waals surface area (Å²) in [5, 5.41) is 1.68. The van der Waals surface area contributed by atoms with Crippen molar-refractivity contribution in [3.63, 3.8) is 0 Å². The van der Waals surface area contributed by atoms with Crippen molar-refractivity contribution in [1.82, 2.24) is 0 Å². The van der Waals surface area contributed by atoms with E-state index in [1.807, 2.05) is 0 Å². The Kier molecular flexibility index (Phi) is 3.50. The smallest absolute Gasteiger partial charge is 0.00959 e. The largest absolute Gasteiger partial charge is 0.0922 e. The van der Waals surface area contributed by atoms with Gasteiger partial charge in [-0.05, 0) is 19.3 Å². The van der Waals surface area contributed by atoms with Crippen molar-refractivity contribution in [3.05, 3.63) is 13.8 Å². The van der Waals surface area contributed by atoms with E-state index < -0.39 is 0 Å². The average molecular weight is 228 g/mol. The third-order valence-electron chi connectivity index (χ3n) is 0.567. The van der Waals surface area contributed by atoms with E-state index in [0.29, 0.717) is 0 Å². The molecule has 0 aromatic carbocycles.